The number of rotatable bonds is 2. The fourth-order valence-corrected chi connectivity index (χ4v) is 2.95. The molecular formula is C10H14N4S. The van der Waals surface area contributed by atoms with Gasteiger partial charge in [0.25, 0.3) is 0 Å². The van der Waals surface area contributed by atoms with E-state index in [9.17, 15) is 0 Å². The minimum absolute atomic E-state index is 0.483. The zero-order chi connectivity index (χ0) is 10.8. The molecule has 0 spiro atoms. The lowest BCUT2D eigenvalue weighted by atomic mass is 10.2. The van der Waals surface area contributed by atoms with E-state index in [0.717, 1.165) is 17.3 Å². The van der Waals surface area contributed by atoms with E-state index in [1.165, 1.54) is 12.2 Å². The third-order valence-corrected chi connectivity index (χ3v) is 3.77. The summed E-state index contributed by atoms with van der Waals surface area (Å²) in [5, 5.41) is 16.7. The van der Waals surface area contributed by atoms with Crippen LogP contribution < -0.4 is 5.32 Å². The topological polar surface area (TPSA) is 53.6 Å². The molecule has 1 aromatic heterocycles. The van der Waals surface area contributed by atoms with E-state index in [-0.39, 0.29) is 0 Å². The van der Waals surface area contributed by atoms with Gasteiger partial charge in [0.1, 0.15) is 17.5 Å². The summed E-state index contributed by atoms with van der Waals surface area (Å²) >= 11 is 1.95. The molecule has 1 unspecified atom stereocenters. The quantitative estimate of drug-likeness (QED) is 0.824. The first-order valence-corrected chi connectivity index (χ1v) is 6.16. The first-order chi connectivity index (χ1) is 7.22. The second-order valence-electron chi connectivity index (χ2n) is 3.75. The summed E-state index contributed by atoms with van der Waals surface area (Å²) < 4.78 is 1.76. The number of thioether (sulfide) groups is 1. The van der Waals surface area contributed by atoms with Gasteiger partial charge in [0.2, 0.25) is 0 Å². The molecule has 1 saturated heterocycles. The molecule has 2 heterocycles. The number of aromatic nitrogens is 2. The SMILES string of the molecule is Cc1nn(C)c(NC2CCSC2)c1C#N. The van der Waals surface area contributed by atoms with Gasteiger partial charge in [0.05, 0.1) is 5.69 Å². The van der Waals surface area contributed by atoms with Crippen LogP contribution in [0.5, 0.6) is 0 Å². The number of nitriles is 1. The van der Waals surface area contributed by atoms with Gasteiger partial charge in [0.15, 0.2) is 0 Å². The van der Waals surface area contributed by atoms with Gasteiger partial charge in [-0.25, -0.2) is 0 Å². The van der Waals surface area contributed by atoms with E-state index >= 15 is 0 Å². The number of hydrogen-bond donors (Lipinski definition) is 1. The van der Waals surface area contributed by atoms with Crippen LogP contribution >= 0.6 is 11.8 Å². The smallest absolute Gasteiger partial charge is 0.142 e. The maximum Gasteiger partial charge on any atom is 0.142 e. The van der Waals surface area contributed by atoms with Crippen molar-refractivity contribution in [3.8, 4) is 6.07 Å². The molecule has 4 nitrogen and oxygen atoms in total. The summed E-state index contributed by atoms with van der Waals surface area (Å²) in [6.45, 7) is 1.87. The second-order valence-corrected chi connectivity index (χ2v) is 4.90. The maximum absolute atomic E-state index is 9.04. The highest BCUT2D eigenvalue weighted by molar-refractivity contribution is 7.99. The summed E-state index contributed by atoms with van der Waals surface area (Å²) in [6, 6.07) is 2.69. The highest BCUT2D eigenvalue weighted by Gasteiger charge is 2.19. The standard InChI is InChI=1S/C10H14N4S/c1-7-9(5-11)10(14(2)13-7)12-8-3-4-15-6-8/h8,12H,3-4,6H2,1-2H3. The lowest BCUT2D eigenvalue weighted by molar-refractivity contribution is 0.731. The van der Waals surface area contributed by atoms with Crippen molar-refractivity contribution in [2.75, 3.05) is 16.8 Å². The fourth-order valence-electron chi connectivity index (χ4n) is 1.80. The molecule has 1 fully saturated rings. The Bertz CT molecular complexity index is 398. The van der Waals surface area contributed by atoms with E-state index in [1.807, 2.05) is 25.7 Å². The monoisotopic (exact) mass is 222 g/mol. The molecule has 2 rings (SSSR count). The largest absolute Gasteiger partial charge is 0.366 e. The van der Waals surface area contributed by atoms with Crippen molar-refractivity contribution in [1.82, 2.24) is 9.78 Å². The molecule has 1 aromatic rings. The molecule has 0 amide bonds. The van der Waals surface area contributed by atoms with Crippen LogP contribution in [0.3, 0.4) is 0 Å². The number of aryl methyl sites for hydroxylation is 2. The highest BCUT2D eigenvalue weighted by Crippen LogP contribution is 2.24. The van der Waals surface area contributed by atoms with Crippen molar-refractivity contribution in [2.24, 2.45) is 7.05 Å². The van der Waals surface area contributed by atoms with E-state index in [0.29, 0.717) is 11.6 Å². The normalized spacial score (nSPS) is 20.2. The number of anilines is 1. The molecule has 1 atom stereocenters. The van der Waals surface area contributed by atoms with Gasteiger partial charge in [0, 0.05) is 18.8 Å². The zero-order valence-corrected chi connectivity index (χ0v) is 9.77. The molecule has 5 heteroatoms. The summed E-state index contributed by atoms with van der Waals surface area (Å²) in [6.07, 6.45) is 1.17. The first-order valence-electron chi connectivity index (χ1n) is 5.00. The van der Waals surface area contributed by atoms with Crippen LogP contribution in [0, 0.1) is 18.3 Å². The van der Waals surface area contributed by atoms with Gasteiger partial charge in [-0.2, -0.15) is 22.1 Å². The zero-order valence-electron chi connectivity index (χ0n) is 8.95. The Morgan fingerprint density at radius 2 is 2.47 bits per heavy atom. The summed E-state index contributed by atoms with van der Waals surface area (Å²) in [5.74, 6) is 3.19. The Labute approximate surface area is 93.7 Å². The summed E-state index contributed by atoms with van der Waals surface area (Å²) in [5.41, 5.74) is 1.47. The van der Waals surface area contributed by atoms with Gasteiger partial charge in [-0.15, -0.1) is 0 Å². The Hall–Kier alpha value is -1.15. The minimum atomic E-state index is 0.483. The van der Waals surface area contributed by atoms with Crippen molar-refractivity contribution in [2.45, 2.75) is 19.4 Å². The average Bonchev–Trinajstić information content (AvgIpc) is 2.77. The van der Waals surface area contributed by atoms with Gasteiger partial charge in [-0.05, 0) is 19.1 Å². The Morgan fingerprint density at radius 1 is 1.67 bits per heavy atom. The van der Waals surface area contributed by atoms with Crippen molar-refractivity contribution in [1.29, 1.82) is 5.26 Å². The molecule has 15 heavy (non-hydrogen) atoms. The lowest BCUT2D eigenvalue weighted by Crippen LogP contribution is -2.20. The third kappa shape index (κ3) is 1.95. The Balaban J connectivity index is 2.23. The van der Waals surface area contributed by atoms with Crippen molar-refractivity contribution in [3.05, 3.63) is 11.3 Å². The van der Waals surface area contributed by atoms with E-state index in [2.05, 4.69) is 16.5 Å². The minimum Gasteiger partial charge on any atom is -0.366 e. The number of nitrogens with zero attached hydrogens (tertiary/aromatic N) is 3. The first kappa shape index (κ1) is 10.4. The lowest BCUT2D eigenvalue weighted by Gasteiger charge is -2.12. The molecule has 0 bridgehead atoms. The van der Waals surface area contributed by atoms with E-state index in [4.69, 9.17) is 5.26 Å². The second kappa shape index (κ2) is 4.15. The van der Waals surface area contributed by atoms with E-state index < -0.39 is 0 Å². The van der Waals surface area contributed by atoms with E-state index in [1.54, 1.807) is 4.68 Å². The molecule has 0 aromatic carbocycles. The fraction of sp³-hybridized carbons (Fsp3) is 0.600. The molecule has 0 radical (unpaired) electrons. The third-order valence-electron chi connectivity index (χ3n) is 2.60. The average molecular weight is 222 g/mol. The summed E-state index contributed by atoms with van der Waals surface area (Å²) in [4.78, 5) is 0. The molecule has 80 valence electrons. The molecule has 1 aliphatic rings. The van der Waals surface area contributed by atoms with Crippen molar-refractivity contribution < 1.29 is 0 Å². The van der Waals surface area contributed by atoms with Crippen LogP contribution in [-0.4, -0.2) is 27.3 Å². The molecule has 0 aliphatic carbocycles. The molecular weight excluding hydrogens is 208 g/mol. The molecule has 1 N–H and O–H groups in total. The summed E-state index contributed by atoms with van der Waals surface area (Å²) in [7, 11) is 1.87. The van der Waals surface area contributed by atoms with Crippen molar-refractivity contribution >= 4 is 17.6 Å². The molecule has 0 saturated carbocycles. The Kier molecular flexibility index (Phi) is 2.87. The number of hydrogen-bond acceptors (Lipinski definition) is 4. The maximum atomic E-state index is 9.04. The van der Waals surface area contributed by atoms with Gasteiger partial charge < -0.3 is 5.32 Å². The van der Waals surface area contributed by atoms with Crippen LogP contribution in [0.2, 0.25) is 0 Å². The number of nitrogens with one attached hydrogen (secondary N) is 1. The van der Waals surface area contributed by atoms with Crippen molar-refractivity contribution in [3.63, 3.8) is 0 Å². The predicted molar refractivity (Wildman–Crippen MR) is 62.0 cm³/mol. The van der Waals surface area contributed by atoms with Crippen LogP contribution in [-0.2, 0) is 7.05 Å². The Morgan fingerprint density at radius 3 is 3.07 bits per heavy atom. The molecule has 1 aliphatic heterocycles. The van der Waals surface area contributed by atoms with Crippen LogP contribution in [0.15, 0.2) is 0 Å². The van der Waals surface area contributed by atoms with Gasteiger partial charge >= 0.3 is 0 Å². The van der Waals surface area contributed by atoms with Crippen LogP contribution in [0.1, 0.15) is 17.7 Å². The van der Waals surface area contributed by atoms with Crippen LogP contribution in [0.25, 0.3) is 0 Å². The van der Waals surface area contributed by atoms with Crippen LogP contribution in [0.4, 0.5) is 5.82 Å². The van der Waals surface area contributed by atoms with Gasteiger partial charge in [-0.3, -0.25) is 4.68 Å². The van der Waals surface area contributed by atoms with Gasteiger partial charge in [-0.1, -0.05) is 0 Å². The predicted octanol–water partition coefficient (Wildman–Crippen LogP) is 1.52. The highest BCUT2D eigenvalue weighted by atomic mass is 32.2.